The Morgan fingerprint density at radius 2 is 1.84 bits per heavy atom. The first-order valence-electron chi connectivity index (χ1n) is 10.2. The molecule has 4 rings (SSSR count). The zero-order valence-electron chi connectivity index (χ0n) is 17.6. The summed E-state index contributed by atoms with van der Waals surface area (Å²) >= 11 is 0. The molecule has 31 heavy (non-hydrogen) atoms. The van der Waals surface area contributed by atoms with Gasteiger partial charge in [-0.15, -0.1) is 0 Å². The number of carbonyl (C=O) groups excluding carboxylic acids is 2. The van der Waals surface area contributed by atoms with Crippen LogP contribution in [-0.2, 0) is 14.3 Å². The molecule has 1 aliphatic heterocycles. The Hall–Kier alpha value is -3.54. The topological polar surface area (TPSA) is 84.9 Å². The van der Waals surface area contributed by atoms with E-state index in [1.807, 2.05) is 30.3 Å². The SMILES string of the molecule is C=C1NC2=C(C(=O)CC(c3ccc(OC)cc3)C2)C(c2cccc(O)c2)C1C(=O)OC. The second-order valence-corrected chi connectivity index (χ2v) is 7.92. The van der Waals surface area contributed by atoms with E-state index in [2.05, 4.69) is 11.9 Å². The molecular formula is C25H25NO5. The Morgan fingerprint density at radius 3 is 2.48 bits per heavy atom. The van der Waals surface area contributed by atoms with Gasteiger partial charge in [0.05, 0.1) is 14.2 Å². The smallest absolute Gasteiger partial charge is 0.315 e. The molecule has 0 saturated heterocycles. The number of esters is 1. The predicted molar refractivity (Wildman–Crippen MR) is 116 cm³/mol. The summed E-state index contributed by atoms with van der Waals surface area (Å²) in [6, 6.07) is 14.4. The summed E-state index contributed by atoms with van der Waals surface area (Å²) in [6.45, 7) is 4.06. The van der Waals surface area contributed by atoms with Crippen molar-refractivity contribution in [1.29, 1.82) is 0 Å². The van der Waals surface area contributed by atoms with E-state index in [1.54, 1.807) is 25.3 Å². The number of rotatable bonds is 4. The molecule has 0 aromatic heterocycles. The minimum Gasteiger partial charge on any atom is -0.508 e. The van der Waals surface area contributed by atoms with Crippen LogP contribution < -0.4 is 10.1 Å². The summed E-state index contributed by atoms with van der Waals surface area (Å²) in [4.78, 5) is 26.0. The molecule has 6 nitrogen and oxygen atoms in total. The number of hydrogen-bond donors (Lipinski definition) is 2. The Bertz CT molecular complexity index is 1070. The van der Waals surface area contributed by atoms with Gasteiger partial charge in [0, 0.05) is 29.3 Å². The van der Waals surface area contributed by atoms with Crippen LogP contribution in [0.3, 0.4) is 0 Å². The maximum absolute atomic E-state index is 13.4. The lowest BCUT2D eigenvalue weighted by Crippen LogP contribution is -2.42. The van der Waals surface area contributed by atoms with E-state index in [9.17, 15) is 14.7 Å². The van der Waals surface area contributed by atoms with E-state index in [1.165, 1.54) is 7.11 Å². The van der Waals surface area contributed by atoms with Gasteiger partial charge in [0.2, 0.25) is 0 Å². The van der Waals surface area contributed by atoms with Crippen molar-refractivity contribution in [3.05, 3.63) is 83.2 Å². The van der Waals surface area contributed by atoms with Gasteiger partial charge in [0.15, 0.2) is 5.78 Å². The molecule has 1 aliphatic carbocycles. The standard InChI is InChI=1S/C25H25NO5/c1-14-22(25(29)31-3)23(16-5-4-6-18(27)11-16)24-20(26-14)12-17(13-21(24)28)15-7-9-19(30-2)10-8-15/h4-11,17,22-23,26-27H,1,12-13H2,2-3H3. The molecule has 0 amide bonds. The Morgan fingerprint density at radius 1 is 1.10 bits per heavy atom. The number of Topliss-reactive ketones (excluding diaryl/α,β-unsaturated/α-hetero) is 1. The van der Waals surface area contributed by atoms with Crippen molar-refractivity contribution < 1.29 is 24.2 Å². The molecule has 2 aliphatic rings. The second kappa shape index (κ2) is 8.30. The summed E-state index contributed by atoms with van der Waals surface area (Å²) in [6.07, 6.45) is 0.957. The predicted octanol–water partition coefficient (Wildman–Crippen LogP) is 3.79. The molecule has 6 heteroatoms. The number of aromatic hydroxyl groups is 1. The Labute approximate surface area is 181 Å². The molecule has 1 heterocycles. The minimum absolute atomic E-state index is 0.0111. The number of ether oxygens (including phenoxy) is 2. The maximum atomic E-state index is 13.4. The molecule has 160 valence electrons. The van der Waals surface area contributed by atoms with Gasteiger partial charge in [-0.2, -0.15) is 0 Å². The summed E-state index contributed by atoms with van der Waals surface area (Å²) < 4.78 is 10.3. The van der Waals surface area contributed by atoms with Crippen LogP contribution in [0.15, 0.2) is 72.1 Å². The van der Waals surface area contributed by atoms with Gasteiger partial charge in [0.25, 0.3) is 0 Å². The van der Waals surface area contributed by atoms with Crippen LogP contribution in [0, 0.1) is 5.92 Å². The Balaban J connectivity index is 1.77. The zero-order chi connectivity index (χ0) is 22.1. The van der Waals surface area contributed by atoms with Gasteiger partial charge < -0.3 is 19.9 Å². The fourth-order valence-corrected chi connectivity index (χ4v) is 4.64. The second-order valence-electron chi connectivity index (χ2n) is 7.92. The summed E-state index contributed by atoms with van der Waals surface area (Å²) in [5, 5.41) is 13.2. The van der Waals surface area contributed by atoms with Crippen LogP contribution in [0.2, 0.25) is 0 Å². The third kappa shape index (κ3) is 3.81. The van der Waals surface area contributed by atoms with E-state index in [0.29, 0.717) is 29.7 Å². The highest BCUT2D eigenvalue weighted by Crippen LogP contribution is 2.47. The van der Waals surface area contributed by atoms with E-state index >= 15 is 0 Å². The number of ketones is 1. The lowest BCUT2D eigenvalue weighted by Gasteiger charge is -2.40. The van der Waals surface area contributed by atoms with Crippen molar-refractivity contribution in [2.75, 3.05) is 14.2 Å². The van der Waals surface area contributed by atoms with Crippen molar-refractivity contribution in [3.63, 3.8) is 0 Å². The fraction of sp³-hybridized carbons (Fsp3) is 0.280. The van der Waals surface area contributed by atoms with E-state index in [4.69, 9.17) is 9.47 Å². The fourth-order valence-electron chi connectivity index (χ4n) is 4.64. The van der Waals surface area contributed by atoms with Crippen LogP contribution in [0.1, 0.15) is 35.8 Å². The molecular weight excluding hydrogens is 394 g/mol. The normalized spacial score (nSPS) is 23.1. The van der Waals surface area contributed by atoms with Crippen molar-refractivity contribution >= 4 is 11.8 Å². The Kier molecular flexibility index (Phi) is 5.55. The average Bonchev–Trinajstić information content (AvgIpc) is 2.77. The maximum Gasteiger partial charge on any atom is 0.315 e. The number of carbonyl (C=O) groups is 2. The summed E-state index contributed by atoms with van der Waals surface area (Å²) in [7, 11) is 2.94. The highest BCUT2D eigenvalue weighted by molar-refractivity contribution is 6.01. The molecule has 0 saturated carbocycles. The first-order valence-corrected chi connectivity index (χ1v) is 10.2. The third-order valence-electron chi connectivity index (χ3n) is 6.11. The molecule has 3 atom stereocenters. The number of phenols is 1. The van der Waals surface area contributed by atoms with Crippen LogP contribution in [0.4, 0.5) is 0 Å². The van der Waals surface area contributed by atoms with Gasteiger partial charge in [-0.1, -0.05) is 30.8 Å². The van der Waals surface area contributed by atoms with Gasteiger partial charge in [-0.05, 0) is 47.7 Å². The van der Waals surface area contributed by atoms with Crippen LogP contribution in [0.25, 0.3) is 0 Å². The van der Waals surface area contributed by atoms with Crippen molar-refractivity contribution in [1.82, 2.24) is 5.32 Å². The largest absolute Gasteiger partial charge is 0.508 e. The van der Waals surface area contributed by atoms with Gasteiger partial charge >= 0.3 is 5.97 Å². The number of allylic oxidation sites excluding steroid dienone is 2. The van der Waals surface area contributed by atoms with E-state index in [-0.39, 0.29) is 17.5 Å². The van der Waals surface area contributed by atoms with Gasteiger partial charge in [-0.25, -0.2) is 0 Å². The molecule has 2 aromatic rings. The third-order valence-corrected chi connectivity index (χ3v) is 6.11. The number of hydrogen-bond acceptors (Lipinski definition) is 6. The lowest BCUT2D eigenvalue weighted by molar-refractivity contribution is -0.144. The number of benzene rings is 2. The van der Waals surface area contributed by atoms with Crippen molar-refractivity contribution in [2.24, 2.45) is 5.92 Å². The molecule has 2 N–H and O–H groups in total. The zero-order valence-corrected chi connectivity index (χ0v) is 17.6. The molecule has 2 aromatic carbocycles. The average molecular weight is 419 g/mol. The quantitative estimate of drug-likeness (QED) is 0.734. The van der Waals surface area contributed by atoms with Crippen molar-refractivity contribution in [3.8, 4) is 11.5 Å². The number of nitrogens with one attached hydrogen (secondary N) is 1. The van der Waals surface area contributed by atoms with Gasteiger partial charge in [-0.3, -0.25) is 9.59 Å². The number of phenolic OH excluding ortho intramolecular Hbond substituents is 1. The number of methoxy groups -OCH3 is 2. The summed E-state index contributed by atoms with van der Waals surface area (Å²) in [5.41, 5.74) is 3.56. The molecule has 0 spiro atoms. The minimum atomic E-state index is -0.757. The van der Waals surface area contributed by atoms with Crippen LogP contribution in [-0.4, -0.2) is 31.1 Å². The summed E-state index contributed by atoms with van der Waals surface area (Å²) in [5.74, 6) is -0.963. The van der Waals surface area contributed by atoms with Crippen molar-refractivity contribution in [2.45, 2.75) is 24.7 Å². The molecule has 0 bridgehead atoms. The van der Waals surface area contributed by atoms with E-state index in [0.717, 1.165) is 17.0 Å². The molecule has 3 unspecified atom stereocenters. The molecule has 0 fully saturated rings. The van der Waals surface area contributed by atoms with Gasteiger partial charge in [0.1, 0.15) is 17.4 Å². The lowest BCUT2D eigenvalue weighted by atomic mass is 9.69. The molecule has 0 radical (unpaired) electrons. The highest BCUT2D eigenvalue weighted by Gasteiger charge is 2.45. The van der Waals surface area contributed by atoms with Crippen LogP contribution in [0.5, 0.6) is 11.5 Å². The van der Waals surface area contributed by atoms with Crippen LogP contribution >= 0.6 is 0 Å². The monoisotopic (exact) mass is 419 g/mol. The highest BCUT2D eigenvalue weighted by atomic mass is 16.5. The first-order chi connectivity index (χ1) is 14.9. The first kappa shape index (κ1) is 20.7. The van der Waals surface area contributed by atoms with E-state index < -0.39 is 17.8 Å².